The topological polar surface area (TPSA) is 74.6 Å². The lowest BCUT2D eigenvalue weighted by molar-refractivity contribution is -0.141. The fourth-order valence-corrected chi connectivity index (χ4v) is 0.763. The predicted octanol–water partition coefficient (Wildman–Crippen LogP) is 0.102. The molecule has 4 nitrogen and oxygen atoms in total. The molecule has 0 heterocycles. The van der Waals surface area contributed by atoms with E-state index in [9.17, 15) is 9.59 Å². The summed E-state index contributed by atoms with van der Waals surface area (Å²) >= 11 is 0. The first-order valence-electron chi connectivity index (χ1n) is 2.78. The van der Waals surface area contributed by atoms with E-state index in [1.54, 1.807) is 0 Å². The molecule has 1 aliphatic rings. The number of hydrogen-bond donors (Lipinski definition) is 2. The van der Waals surface area contributed by atoms with Gasteiger partial charge < -0.3 is 10.2 Å². The molecular weight excluding hydrogens is 136 g/mol. The van der Waals surface area contributed by atoms with Crippen molar-refractivity contribution in [1.82, 2.24) is 0 Å². The van der Waals surface area contributed by atoms with Crippen LogP contribution in [0.4, 0.5) is 0 Å². The number of rotatable bonds is 2. The first-order valence-corrected chi connectivity index (χ1v) is 2.78. The van der Waals surface area contributed by atoms with Crippen molar-refractivity contribution in [3.8, 4) is 0 Å². The largest absolute Gasteiger partial charge is 0.481 e. The van der Waals surface area contributed by atoms with Crippen LogP contribution in [-0.4, -0.2) is 22.2 Å². The zero-order valence-corrected chi connectivity index (χ0v) is 5.07. The lowest BCUT2D eigenvalue weighted by Crippen LogP contribution is -2.23. The van der Waals surface area contributed by atoms with Gasteiger partial charge in [-0.2, -0.15) is 0 Å². The maximum Gasteiger partial charge on any atom is 0.331 e. The summed E-state index contributed by atoms with van der Waals surface area (Å²) in [5, 5.41) is 16.6. The van der Waals surface area contributed by atoms with E-state index in [4.69, 9.17) is 10.2 Å². The van der Waals surface area contributed by atoms with Crippen molar-refractivity contribution in [1.29, 1.82) is 0 Å². The molecule has 2 N–H and O–H groups in total. The van der Waals surface area contributed by atoms with Crippen LogP contribution in [0.3, 0.4) is 0 Å². The van der Waals surface area contributed by atoms with Crippen LogP contribution in [0, 0.1) is 5.92 Å². The standard InChI is InChI=1S/C6H6O4/c7-5(8)3-1-4(2-3)6(9)10/h1,3H,2H2,(H,7,8)(H,9,10). The van der Waals surface area contributed by atoms with Gasteiger partial charge in [0.25, 0.3) is 0 Å². The molecule has 1 atom stereocenters. The Kier molecular flexibility index (Phi) is 1.45. The van der Waals surface area contributed by atoms with Gasteiger partial charge in [0.2, 0.25) is 0 Å². The zero-order valence-electron chi connectivity index (χ0n) is 5.07. The van der Waals surface area contributed by atoms with Gasteiger partial charge in [0.15, 0.2) is 0 Å². The van der Waals surface area contributed by atoms with Crippen LogP contribution in [0.5, 0.6) is 0 Å². The Balaban J connectivity index is 2.56. The van der Waals surface area contributed by atoms with Gasteiger partial charge >= 0.3 is 11.9 Å². The Morgan fingerprint density at radius 2 is 2.00 bits per heavy atom. The lowest BCUT2D eigenvalue weighted by Gasteiger charge is -2.17. The highest BCUT2D eigenvalue weighted by molar-refractivity contribution is 5.92. The zero-order chi connectivity index (χ0) is 7.72. The van der Waals surface area contributed by atoms with Gasteiger partial charge in [0.05, 0.1) is 5.92 Å². The quantitative estimate of drug-likeness (QED) is 0.573. The minimum atomic E-state index is -1.02. The summed E-state index contributed by atoms with van der Waals surface area (Å²) < 4.78 is 0. The fourth-order valence-electron chi connectivity index (χ4n) is 0.763. The summed E-state index contributed by atoms with van der Waals surface area (Å²) in [5.41, 5.74) is 0.201. The van der Waals surface area contributed by atoms with Crippen molar-refractivity contribution in [2.24, 2.45) is 5.92 Å². The summed E-state index contributed by atoms with van der Waals surface area (Å²) in [6.45, 7) is 0. The number of carboxylic acids is 2. The third kappa shape index (κ3) is 1.00. The van der Waals surface area contributed by atoms with Crippen molar-refractivity contribution < 1.29 is 19.8 Å². The molecule has 0 saturated carbocycles. The maximum absolute atomic E-state index is 10.1. The molecule has 1 rings (SSSR count). The summed E-state index contributed by atoms with van der Waals surface area (Å²) in [7, 11) is 0. The van der Waals surface area contributed by atoms with Crippen molar-refractivity contribution in [3.63, 3.8) is 0 Å². The molecule has 0 aromatic carbocycles. The SMILES string of the molecule is O=C(O)C1=CC(C(=O)O)C1. The van der Waals surface area contributed by atoms with Crippen LogP contribution in [0.25, 0.3) is 0 Å². The molecule has 54 valence electrons. The molecule has 0 aliphatic heterocycles. The van der Waals surface area contributed by atoms with E-state index in [0.29, 0.717) is 0 Å². The monoisotopic (exact) mass is 142 g/mol. The average molecular weight is 142 g/mol. The van der Waals surface area contributed by atoms with Crippen molar-refractivity contribution >= 4 is 11.9 Å². The Morgan fingerprint density at radius 1 is 1.50 bits per heavy atom. The average Bonchev–Trinajstić information content (AvgIpc) is 1.56. The highest BCUT2D eigenvalue weighted by Crippen LogP contribution is 2.25. The highest BCUT2D eigenvalue weighted by Gasteiger charge is 2.28. The third-order valence-corrected chi connectivity index (χ3v) is 1.43. The van der Waals surface area contributed by atoms with Crippen molar-refractivity contribution in [3.05, 3.63) is 11.6 Å². The van der Waals surface area contributed by atoms with E-state index in [-0.39, 0.29) is 12.0 Å². The molecule has 0 aromatic heterocycles. The van der Waals surface area contributed by atoms with E-state index < -0.39 is 17.9 Å². The molecule has 0 spiro atoms. The van der Waals surface area contributed by atoms with Gasteiger partial charge in [-0.3, -0.25) is 4.79 Å². The van der Waals surface area contributed by atoms with E-state index >= 15 is 0 Å². The molecule has 1 unspecified atom stereocenters. The molecule has 0 aromatic rings. The molecule has 0 amide bonds. The van der Waals surface area contributed by atoms with Crippen LogP contribution < -0.4 is 0 Å². The second-order valence-electron chi connectivity index (χ2n) is 2.15. The molecule has 0 saturated heterocycles. The van der Waals surface area contributed by atoms with Crippen LogP contribution >= 0.6 is 0 Å². The second-order valence-corrected chi connectivity index (χ2v) is 2.15. The number of carbonyl (C=O) groups is 2. The fraction of sp³-hybridized carbons (Fsp3) is 0.333. The first kappa shape index (κ1) is 6.80. The molecule has 0 fully saturated rings. The van der Waals surface area contributed by atoms with Gasteiger partial charge in [-0.05, 0) is 6.42 Å². The van der Waals surface area contributed by atoms with Gasteiger partial charge in [-0.15, -0.1) is 0 Å². The Morgan fingerprint density at radius 3 is 2.30 bits per heavy atom. The second kappa shape index (κ2) is 2.13. The van der Waals surface area contributed by atoms with Crippen LogP contribution in [0.15, 0.2) is 11.6 Å². The molecule has 0 radical (unpaired) electrons. The van der Waals surface area contributed by atoms with Crippen molar-refractivity contribution in [2.45, 2.75) is 6.42 Å². The number of hydrogen-bond acceptors (Lipinski definition) is 2. The van der Waals surface area contributed by atoms with Crippen LogP contribution in [-0.2, 0) is 9.59 Å². The van der Waals surface area contributed by atoms with Crippen molar-refractivity contribution in [2.75, 3.05) is 0 Å². The molecule has 4 heteroatoms. The molecular formula is C6H6O4. The summed E-state index contributed by atoms with van der Waals surface area (Å²) in [5.74, 6) is -2.55. The van der Waals surface area contributed by atoms with E-state index in [0.717, 1.165) is 0 Å². The van der Waals surface area contributed by atoms with Gasteiger partial charge in [-0.1, -0.05) is 6.08 Å². The van der Waals surface area contributed by atoms with Crippen LogP contribution in [0.2, 0.25) is 0 Å². The Labute approximate surface area is 56.8 Å². The maximum atomic E-state index is 10.1. The van der Waals surface area contributed by atoms with Gasteiger partial charge in [-0.25, -0.2) is 4.79 Å². The summed E-state index contributed by atoms with van der Waals surface area (Å²) in [6, 6.07) is 0. The summed E-state index contributed by atoms with van der Waals surface area (Å²) in [6.07, 6.45) is 1.41. The lowest BCUT2D eigenvalue weighted by atomic mass is 9.87. The first-order chi connectivity index (χ1) is 4.61. The van der Waals surface area contributed by atoms with Gasteiger partial charge in [0.1, 0.15) is 0 Å². The molecule has 1 aliphatic carbocycles. The highest BCUT2D eigenvalue weighted by atomic mass is 16.4. The Bertz CT molecular complexity index is 216. The minimum Gasteiger partial charge on any atom is -0.481 e. The van der Waals surface area contributed by atoms with E-state index in [1.165, 1.54) is 6.08 Å². The van der Waals surface area contributed by atoms with E-state index in [1.807, 2.05) is 0 Å². The molecule has 0 bridgehead atoms. The predicted molar refractivity (Wildman–Crippen MR) is 31.5 cm³/mol. The van der Waals surface area contributed by atoms with E-state index in [2.05, 4.69) is 0 Å². The molecule has 10 heavy (non-hydrogen) atoms. The summed E-state index contributed by atoms with van der Waals surface area (Å²) in [4.78, 5) is 20.2. The van der Waals surface area contributed by atoms with Gasteiger partial charge in [0, 0.05) is 5.57 Å². The van der Waals surface area contributed by atoms with Crippen LogP contribution in [0.1, 0.15) is 6.42 Å². The Hall–Kier alpha value is -1.32. The minimum absolute atomic E-state index is 0.157. The third-order valence-electron chi connectivity index (χ3n) is 1.43. The number of carboxylic acid groups (broad SMARTS) is 2. The normalized spacial score (nSPS) is 22.8. The number of aliphatic carboxylic acids is 2. The smallest absolute Gasteiger partial charge is 0.331 e.